The molecule has 0 fully saturated rings. The first-order valence-electron chi connectivity index (χ1n) is 19.3. The van der Waals surface area contributed by atoms with E-state index in [0.29, 0.717) is 0 Å². The van der Waals surface area contributed by atoms with Crippen LogP contribution in [-0.2, 0) is 10.8 Å². The molecule has 2 aliphatic carbocycles. The largest absolute Gasteiger partial charge is 0.0619 e. The molecule has 0 N–H and O–H groups in total. The molecule has 0 amide bonds. The van der Waals surface area contributed by atoms with E-state index in [4.69, 9.17) is 0 Å². The zero-order chi connectivity index (χ0) is 36.3. The molecule has 256 valence electrons. The van der Waals surface area contributed by atoms with Crippen molar-refractivity contribution in [2.45, 2.75) is 38.5 Å². The van der Waals surface area contributed by atoms with Crippen molar-refractivity contribution in [2.75, 3.05) is 0 Å². The van der Waals surface area contributed by atoms with Crippen molar-refractivity contribution in [2.24, 2.45) is 0 Å². The van der Waals surface area contributed by atoms with Crippen LogP contribution in [0.5, 0.6) is 0 Å². The van der Waals surface area contributed by atoms with Gasteiger partial charge >= 0.3 is 0 Å². The fourth-order valence-corrected chi connectivity index (χ4v) is 10.4. The Hall–Kier alpha value is -6.24. The van der Waals surface area contributed by atoms with Crippen LogP contribution in [0.1, 0.15) is 49.9 Å². The minimum atomic E-state index is -0.138. The highest BCUT2D eigenvalue weighted by Gasteiger charge is 2.44. The van der Waals surface area contributed by atoms with Crippen molar-refractivity contribution in [3.8, 4) is 55.6 Å². The lowest BCUT2D eigenvalue weighted by Gasteiger charge is -2.28. The summed E-state index contributed by atoms with van der Waals surface area (Å²) in [5.74, 6) is 0. The lowest BCUT2D eigenvalue weighted by Crippen LogP contribution is -2.18. The smallest absolute Gasteiger partial charge is 0.0165 e. The summed E-state index contributed by atoms with van der Waals surface area (Å²) in [4.78, 5) is 0. The van der Waals surface area contributed by atoms with Gasteiger partial charge in [0, 0.05) is 10.8 Å². The van der Waals surface area contributed by atoms with Crippen molar-refractivity contribution < 1.29 is 0 Å². The van der Waals surface area contributed by atoms with Gasteiger partial charge in [0.25, 0.3) is 0 Å². The van der Waals surface area contributed by atoms with Gasteiger partial charge in [0.05, 0.1) is 0 Å². The average molecular weight is 689 g/mol. The summed E-state index contributed by atoms with van der Waals surface area (Å²) >= 11 is 0. The second kappa shape index (κ2) is 11.1. The molecule has 0 heteroatoms. The Morgan fingerprint density at radius 2 is 0.759 bits per heavy atom. The summed E-state index contributed by atoms with van der Waals surface area (Å²) in [5, 5.41) is 7.66. The van der Waals surface area contributed by atoms with Gasteiger partial charge in [-0.2, -0.15) is 0 Å². The number of fused-ring (bicyclic) bond motifs is 9. The Labute approximate surface area is 317 Å². The van der Waals surface area contributed by atoms with Gasteiger partial charge in [-0.15, -0.1) is 0 Å². The standard InChI is InChI=1S/C54H40/c1-53(2)46-27-14-12-24-43(46)51-47(53)32-44-37-19-11-13-26-45(37)54(3,4)52(44)49(51)35-30-28-34(29-31-35)48-39-20-7-9-22-41(39)50(42-23-10-8-21-40(42)48)38-25-15-17-33-16-5-6-18-36(33)38/h5-32H,1-4H3. The molecule has 0 heterocycles. The highest BCUT2D eigenvalue weighted by atomic mass is 14.5. The first kappa shape index (κ1) is 31.3. The molecule has 2 aliphatic rings. The Bertz CT molecular complexity index is 2960. The first-order chi connectivity index (χ1) is 26.3. The molecule has 0 atom stereocenters. The predicted octanol–water partition coefficient (Wildman–Crippen LogP) is 14.8. The van der Waals surface area contributed by atoms with Gasteiger partial charge in [0.15, 0.2) is 0 Å². The Morgan fingerprint density at radius 3 is 1.41 bits per heavy atom. The highest BCUT2D eigenvalue weighted by Crippen LogP contribution is 2.60. The van der Waals surface area contributed by atoms with Gasteiger partial charge in [-0.25, -0.2) is 0 Å². The minimum Gasteiger partial charge on any atom is -0.0619 e. The van der Waals surface area contributed by atoms with Crippen LogP contribution >= 0.6 is 0 Å². The predicted molar refractivity (Wildman–Crippen MR) is 230 cm³/mol. The quantitative estimate of drug-likeness (QED) is 0.162. The van der Waals surface area contributed by atoms with Crippen LogP contribution in [-0.4, -0.2) is 0 Å². The number of benzene rings is 9. The molecule has 9 aromatic rings. The summed E-state index contributed by atoms with van der Waals surface area (Å²) in [6.45, 7) is 9.65. The maximum Gasteiger partial charge on any atom is 0.0165 e. The van der Waals surface area contributed by atoms with Gasteiger partial charge in [-0.1, -0.05) is 191 Å². The topological polar surface area (TPSA) is 0 Å². The van der Waals surface area contributed by atoms with E-state index in [1.54, 1.807) is 0 Å². The molecule has 0 spiro atoms. The maximum absolute atomic E-state index is 2.53. The van der Waals surface area contributed by atoms with Gasteiger partial charge in [0.2, 0.25) is 0 Å². The van der Waals surface area contributed by atoms with E-state index < -0.39 is 0 Å². The monoisotopic (exact) mass is 688 g/mol. The second-order valence-electron chi connectivity index (χ2n) is 16.4. The average Bonchev–Trinajstić information content (AvgIpc) is 3.58. The van der Waals surface area contributed by atoms with Crippen molar-refractivity contribution in [3.05, 3.63) is 192 Å². The van der Waals surface area contributed by atoms with Crippen LogP contribution in [0.2, 0.25) is 0 Å². The number of hydrogen-bond acceptors (Lipinski definition) is 0. The second-order valence-corrected chi connectivity index (χ2v) is 16.4. The van der Waals surface area contributed by atoms with Gasteiger partial charge in [0.1, 0.15) is 0 Å². The fourth-order valence-electron chi connectivity index (χ4n) is 10.4. The minimum absolute atomic E-state index is 0.0963. The molecule has 0 saturated carbocycles. The first-order valence-corrected chi connectivity index (χ1v) is 19.3. The van der Waals surface area contributed by atoms with Crippen LogP contribution in [0.15, 0.2) is 170 Å². The normalized spacial score (nSPS) is 14.6. The Kier molecular flexibility index (Phi) is 6.46. The van der Waals surface area contributed by atoms with E-state index in [2.05, 4.69) is 198 Å². The lowest BCUT2D eigenvalue weighted by molar-refractivity contribution is 0.653. The summed E-state index contributed by atoms with van der Waals surface area (Å²) in [7, 11) is 0. The van der Waals surface area contributed by atoms with Crippen LogP contribution in [0.25, 0.3) is 88.0 Å². The third kappa shape index (κ3) is 4.14. The van der Waals surface area contributed by atoms with Gasteiger partial charge in [-0.05, 0) is 116 Å². The van der Waals surface area contributed by atoms with Crippen LogP contribution in [0.3, 0.4) is 0 Å². The molecule has 0 radical (unpaired) electrons. The maximum atomic E-state index is 2.53. The molecule has 0 bridgehead atoms. The molecule has 9 aromatic carbocycles. The molecule has 54 heavy (non-hydrogen) atoms. The third-order valence-corrected chi connectivity index (χ3v) is 12.8. The van der Waals surface area contributed by atoms with Crippen LogP contribution in [0, 0.1) is 0 Å². The zero-order valence-corrected chi connectivity index (χ0v) is 31.2. The van der Waals surface area contributed by atoms with Crippen LogP contribution in [0.4, 0.5) is 0 Å². The molecule has 0 unspecified atom stereocenters. The zero-order valence-electron chi connectivity index (χ0n) is 31.2. The van der Waals surface area contributed by atoms with E-state index in [9.17, 15) is 0 Å². The van der Waals surface area contributed by atoms with E-state index >= 15 is 0 Å². The Balaban J connectivity index is 1.17. The van der Waals surface area contributed by atoms with Crippen molar-refractivity contribution >= 4 is 32.3 Å². The van der Waals surface area contributed by atoms with E-state index in [-0.39, 0.29) is 10.8 Å². The molecule has 0 nitrogen and oxygen atoms in total. The van der Waals surface area contributed by atoms with E-state index in [1.165, 1.54) is 110 Å². The lowest BCUT2D eigenvalue weighted by atomic mass is 9.75. The molecule has 0 aliphatic heterocycles. The summed E-state index contributed by atoms with van der Waals surface area (Å²) in [6.07, 6.45) is 0. The summed E-state index contributed by atoms with van der Waals surface area (Å²) in [6, 6.07) is 63.8. The summed E-state index contributed by atoms with van der Waals surface area (Å²) in [5.41, 5.74) is 18.8. The Morgan fingerprint density at radius 1 is 0.296 bits per heavy atom. The molecule has 11 rings (SSSR count). The molecule has 0 aromatic heterocycles. The fraction of sp³-hybridized carbons (Fsp3) is 0.111. The van der Waals surface area contributed by atoms with Gasteiger partial charge < -0.3 is 0 Å². The third-order valence-electron chi connectivity index (χ3n) is 12.8. The molecular formula is C54H40. The number of rotatable bonds is 3. The van der Waals surface area contributed by atoms with Crippen LogP contribution < -0.4 is 0 Å². The number of hydrogen-bond donors (Lipinski definition) is 0. The van der Waals surface area contributed by atoms with Crippen molar-refractivity contribution in [1.82, 2.24) is 0 Å². The SMILES string of the molecule is CC1(C)c2ccccc2-c2c1cc1c(c2-c2ccc(-c3c4ccccc4c(-c4cccc5ccccc45)c4ccccc34)cc2)C(C)(C)c2ccccc2-1. The highest BCUT2D eigenvalue weighted by molar-refractivity contribution is 6.23. The van der Waals surface area contributed by atoms with E-state index in [1.807, 2.05) is 0 Å². The summed E-state index contributed by atoms with van der Waals surface area (Å²) < 4.78 is 0. The molecular weight excluding hydrogens is 649 g/mol. The van der Waals surface area contributed by atoms with Crippen molar-refractivity contribution in [3.63, 3.8) is 0 Å². The van der Waals surface area contributed by atoms with Gasteiger partial charge in [-0.3, -0.25) is 0 Å². The van der Waals surface area contributed by atoms with E-state index in [0.717, 1.165) is 0 Å². The molecule has 0 saturated heterocycles. The van der Waals surface area contributed by atoms with Crippen molar-refractivity contribution in [1.29, 1.82) is 0 Å².